The Bertz CT molecular complexity index is 410. The third kappa shape index (κ3) is 7.77. The zero-order valence-corrected chi connectivity index (χ0v) is 9.13. The minimum atomic E-state index is -6.00. The third-order valence-electron chi connectivity index (χ3n) is 1.13. The van der Waals surface area contributed by atoms with Crippen LogP contribution in [0.25, 0.3) is 4.98 Å². The lowest BCUT2D eigenvalue weighted by Crippen LogP contribution is -2.02. The van der Waals surface area contributed by atoms with E-state index in [0.29, 0.717) is 11.3 Å². The van der Waals surface area contributed by atoms with Gasteiger partial charge < -0.3 is 17.3 Å². The maximum absolute atomic E-state index is 9.75. The fourth-order valence-electron chi connectivity index (χ4n) is 0.696. The quantitative estimate of drug-likeness (QED) is 0.411. The van der Waals surface area contributed by atoms with E-state index in [2.05, 4.69) is 20.9 Å². The van der Waals surface area contributed by atoms with Crippen LogP contribution in [-0.2, 0) is 0 Å². The normalized spacial score (nSPS) is 9.44. The van der Waals surface area contributed by atoms with Crippen LogP contribution in [0.3, 0.4) is 0 Å². The van der Waals surface area contributed by atoms with Crippen LogP contribution in [0, 0.1) is 16.7 Å². The van der Waals surface area contributed by atoms with Gasteiger partial charge >= 0.3 is 12.9 Å². The summed E-state index contributed by atoms with van der Waals surface area (Å²) in [5.74, 6) is 0. The van der Waals surface area contributed by atoms with Crippen molar-refractivity contribution in [2.45, 2.75) is 0 Å². The Morgan fingerprint density at radius 3 is 2.06 bits per heavy atom. The standard InChI is InChI=1S/C7H3BrN3.BF4/c8-6-1-5(4-9)2-7(3-6)11-10;2-1(3,4)5/h1-3H;/q+1;-1. The van der Waals surface area contributed by atoms with Gasteiger partial charge in [0.1, 0.15) is 0 Å². The van der Waals surface area contributed by atoms with Crippen LogP contribution in [0.1, 0.15) is 5.56 Å². The van der Waals surface area contributed by atoms with Gasteiger partial charge in [-0.2, -0.15) is 5.26 Å². The first-order valence-electron chi connectivity index (χ1n) is 3.69. The molecule has 0 radical (unpaired) electrons. The van der Waals surface area contributed by atoms with Crippen LogP contribution in [0.2, 0.25) is 0 Å². The summed E-state index contributed by atoms with van der Waals surface area (Å²) in [6.07, 6.45) is 0. The summed E-state index contributed by atoms with van der Waals surface area (Å²) in [6, 6.07) is 6.69. The van der Waals surface area contributed by atoms with Gasteiger partial charge in [0.05, 0.1) is 17.7 Å². The van der Waals surface area contributed by atoms with Gasteiger partial charge in [-0.25, -0.2) is 0 Å². The van der Waals surface area contributed by atoms with Gasteiger partial charge in [0.15, 0.2) is 4.98 Å². The molecule has 0 aliphatic heterocycles. The first kappa shape index (κ1) is 14.4. The van der Waals surface area contributed by atoms with E-state index in [1.165, 1.54) is 6.07 Å². The van der Waals surface area contributed by atoms with Gasteiger partial charge in [0.25, 0.3) is 0 Å². The molecule has 0 unspecified atom stereocenters. The second-order valence-corrected chi connectivity index (χ2v) is 3.32. The van der Waals surface area contributed by atoms with Gasteiger partial charge in [0.2, 0.25) is 5.39 Å². The molecule has 0 N–H and O–H groups in total. The summed E-state index contributed by atoms with van der Waals surface area (Å²) in [4.78, 5) is 2.96. The minimum Gasteiger partial charge on any atom is -0.418 e. The number of hydrogen-bond acceptors (Lipinski definition) is 2. The molecule has 0 bridgehead atoms. The fourth-order valence-corrected chi connectivity index (χ4v) is 1.18. The average Bonchev–Trinajstić information content (AvgIpc) is 2.14. The maximum atomic E-state index is 9.75. The van der Waals surface area contributed by atoms with Crippen molar-refractivity contribution in [2.75, 3.05) is 0 Å². The van der Waals surface area contributed by atoms with Crippen LogP contribution in [-0.4, -0.2) is 7.25 Å². The molecule has 0 aliphatic rings. The summed E-state index contributed by atoms with van der Waals surface area (Å²) in [7, 11) is -6.00. The molecule has 1 rings (SSSR count). The predicted octanol–water partition coefficient (Wildman–Crippen LogP) is 4.11. The van der Waals surface area contributed by atoms with E-state index >= 15 is 0 Å². The second kappa shape index (κ2) is 6.08. The number of hydrogen-bond donors (Lipinski definition) is 0. The van der Waals surface area contributed by atoms with Crippen molar-refractivity contribution in [2.24, 2.45) is 0 Å². The first-order valence-corrected chi connectivity index (χ1v) is 4.48. The second-order valence-electron chi connectivity index (χ2n) is 2.40. The van der Waals surface area contributed by atoms with Gasteiger partial charge in [-0.15, -0.1) is 0 Å². The summed E-state index contributed by atoms with van der Waals surface area (Å²) in [5, 5.41) is 16.9. The lowest BCUT2D eigenvalue weighted by atomic mass is 10.2. The van der Waals surface area contributed by atoms with Crippen molar-refractivity contribution >= 4 is 28.9 Å². The molecular weight excluding hydrogens is 293 g/mol. The number of diazo groups is 1. The minimum absolute atomic E-state index is 0.371. The molecule has 3 nitrogen and oxygen atoms in total. The average molecular weight is 296 g/mol. The molecule has 0 saturated carbocycles. The highest BCUT2D eigenvalue weighted by Crippen LogP contribution is 2.20. The topological polar surface area (TPSA) is 51.9 Å². The smallest absolute Gasteiger partial charge is 0.418 e. The van der Waals surface area contributed by atoms with Crippen molar-refractivity contribution in [3.8, 4) is 6.07 Å². The zero-order valence-electron chi connectivity index (χ0n) is 7.54. The van der Waals surface area contributed by atoms with Crippen molar-refractivity contribution in [3.63, 3.8) is 0 Å². The van der Waals surface area contributed by atoms with Gasteiger partial charge in [-0.05, 0) is 6.07 Å². The fraction of sp³-hybridized carbons (Fsp3) is 0. The molecule has 0 spiro atoms. The Kier molecular flexibility index (Phi) is 5.47. The number of nitriles is 1. The molecule has 0 amide bonds. The Morgan fingerprint density at radius 1 is 1.19 bits per heavy atom. The van der Waals surface area contributed by atoms with Crippen molar-refractivity contribution in [1.29, 1.82) is 10.7 Å². The number of nitrogens with zero attached hydrogens (tertiary/aromatic N) is 3. The Hall–Kier alpha value is -1.61. The van der Waals surface area contributed by atoms with Crippen LogP contribution >= 0.6 is 15.9 Å². The summed E-state index contributed by atoms with van der Waals surface area (Å²) >= 11 is 3.17. The third-order valence-corrected chi connectivity index (χ3v) is 1.58. The van der Waals surface area contributed by atoms with Crippen LogP contribution in [0.15, 0.2) is 22.7 Å². The molecule has 0 fully saturated rings. The molecule has 0 heterocycles. The highest BCUT2D eigenvalue weighted by Gasteiger charge is 2.20. The van der Waals surface area contributed by atoms with E-state index in [4.69, 9.17) is 10.7 Å². The molecule has 16 heavy (non-hydrogen) atoms. The van der Waals surface area contributed by atoms with E-state index in [0.717, 1.165) is 4.47 Å². The lowest BCUT2D eigenvalue weighted by Gasteiger charge is -1.94. The SMILES string of the molecule is F[B-](F)(F)F.N#Cc1cc(Br)cc([N+]#N)c1. The van der Waals surface area contributed by atoms with Gasteiger partial charge in [-0.1, -0.05) is 15.9 Å². The number of halogens is 5. The monoisotopic (exact) mass is 295 g/mol. The molecule has 1 aromatic rings. The predicted molar refractivity (Wildman–Crippen MR) is 53.8 cm³/mol. The molecule has 84 valence electrons. The lowest BCUT2D eigenvalue weighted by molar-refractivity contribution is 0.368. The first-order chi connectivity index (χ1) is 7.26. The highest BCUT2D eigenvalue weighted by atomic mass is 79.9. The van der Waals surface area contributed by atoms with E-state index < -0.39 is 7.25 Å². The zero-order chi connectivity index (χ0) is 12.8. The molecule has 0 atom stereocenters. The van der Waals surface area contributed by atoms with Gasteiger partial charge in [-0.3, -0.25) is 0 Å². The van der Waals surface area contributed by atoms with Crippen molar-refractivity contribution in [3.05, 3.63) is 33.2 Å². The van der Waals surface area contributed by atoms with E-state index in [-0.39, 0.29) is 0 Å². The van der Waals surface area contributed by atoms with Crippen LogP contribution < -0.4 is 0 Å². The van der Waals surface area contributed by atoms with Crippen LogP contribution in [0.4, 0.5) is 23.0 Å². The Labute approximate surface area is 96.5 Å². The van der Waals surface area contributed by atoms with Crippen LogP contribution in [0.5, 0.6) is 0 Å². The van der Waals surface area contributed by atoms with E-state index in [1.54, 1.807) is 12.1 Å². The molecule has 0 aromatic heterocycles. The highest BCUT2D eigenvalue weighted by molar-refractivity contribution is 9.10. The Balaban J connectivity index is 0.000000385. The van der Waals surface area contributed by atoms with E-state index in [9.17, 15) is 17.3 Å². The maximum Gasteiger partial charge on any atom is 0.673 e. The van der Waals surface area contributed by atoms with Crippen molar-refractivity contribution in [1.82, 2.24) is 0 Å². The number of rotatable bonds is 0. The molecule has 1 aromatic carbocycles. The largest absolute Gasteiger partial charge is 0.673 e. The molecule has 0 saturated heterocycles. The molecular formula is C7H3BBrF4N3. The summed E-state index contributed by atoms with van der Waals surface area (Å²) < 4.78 is 39.7. The summed E-state index contributed by atoms with van der Waals surface area (Å²) in [6.45, 7) is 0. The molecule has 9 heteroatoms. The van der Waals surface area contributed by atoms with Gasteiger partial charge in [0, 0.05) is 10.5 Å². The van der Waals surface area contributed by atoms with E-state index in [1.807, 2.05) is 6.07 Å². The van der Waals surface area contributed by atoms with Crippen molar-refractivity contribution < 1.29 is 17.3 Å². The summed E-state index contributed by atoms with van der Waals surface area (Å²) in [5.41, 5.74) is 0.836. The number of benzene rings is 1. The molecule has 0 aliphatic carbocycles. The Morgan fingerprint density at radius 2 is 1.69 bits per heavy atom.